The molecule has 2 aromatic rings. The molecule has 0 aliphatic heterocycles. The van der Waals surface area contributed by atoms with Crippen LogP contribution >= 0.6 is 0 Å². The van der Waals surface area contributed by atoms with Crippen molar-refractivity contribution in [3.8, 4) is 0 Å². The number of nitrogens with zero attached hydrogens (tertiary/aromatic N) is 4. The van der Waals surface area contributed by atoms with Gasteiger partial charge in [0.1, 0.15) is 0 Å². The Labute approximate surface area is 104 Å². The summed E-state index contributed by atoms with van der Waals surface area (Å²) in [7, 11) is 0. The van der Waals surface area contributed by atoms with Crippen LogP contribution in [0.2, 0.25) is 0 Å². The summed E-state index contributed by atoms with van der Waals surface area (Å²) < 4.78 is 0. The third-order valence-electron chi connectivity index (χ3n) is 2.22. The van der Waals surface area contributed by atoms with Gasteiger partial charge in [0, 0.05) is 35.9 Å². The van der Waals surface area contributed by atoms with Gasteiger partial charge in [0.15, 0.2) is 0 Å². The summed E-state index contributed by atoms with van der Waals surface area (Å²) in [6.07, 6.45) is 9.28. The summed E-state index contributed by atoms with van der Waals surface area (Å²) in [5.74, 6) is -0.292. The molecule has 0 fully saturated rings. The van der Waals surface area contributed by atoms with Crippen LogP contribution in [0.15, 0.2) is 37.9 Å². The molecule has 0 saturated carbocycles. The Bertz CT molecular complexity index is 534. The highest BCUT2D eigenvalue weighted by molar-refractivity contribution is 6.03. The van der Waals surface area contributed by atoms with Crippen molar-refractivity contribution < 1.29 is 4.79 Å². The number of hydrogen-bond acceptors (Lipinski definition) is 5. The molecule has 0 saturated heterocycles. The van der Waals surface area contributed by atoms with E-state index < -0.39 is 5.78 Å². The number of ketones is 1. The zero-order valence-corrected chi connectivity index (χ0v) is 9.58. The van der Waals surface area contributed by atoms with Crippen LogP contribution in [0.5, 0.6) is 0 Å². The van der Waals surface area contributed by atoms with E-state index in [2.05, 4.69) is 33.1 Å². The zero-order chi connectivity index (χ0) is 13.0. The first kappa shape index (κ1) is 11.8. The van der Waals surface area contributed by atoms with Gasteiger partial charge in [-0.3, -0.25) is 4.79 Å². The van der Waals surface area contributed by atoms with Crippen molar-refractivity contribution >= 4 is 17.9 Å². The molecule has 5 nitrogen and oxygen atoms in total. The normalized spacial score (nSPS) is 9.78. The van der Waals surface area contributed by atoms with Crippen LogP contribution < -0.4 is 0 Å². The van der Waals surface area contributed by atoms with E-state index in [-0.39, 0.29) is 11.6 Å². The minimum absolute atomic E-state index is 0.0620. The molecule has 88 valence electrons. The lowest BCUT2D eigenvalue weighted by atomic mass is 10.3. The molecule has 2 aromatic heterocycles. The summed E-state index contributed by atoms with van der Waals surface area (Å²) in [5, 5.41) is 0. The van der Waals surface area contributed by atoms with Crippen LogP contribution in [-0.2, 0) is 0 Å². The Hall–Kier alpha value is -2.69. The van der Waals surface area contributed by atoms with Gasteiger partial charge >= 0.3 is 0 Å². The molecule has 0 aromatic carbocycles. The number of hydrogen-bond donors (Lipinski definition) is 0. The Morgan fingerprint density at radius 3 is 1.44 bits per heavy atom. The maximum atomic E-state index is 11.9. The fourth-order valence-electron chi connectivity index (χ4n) is 1.22. The lowest BCUT2D eigenvalue weighted by Crippen LogP contribution is -2.10. The molecule has 5 heteroatoms. The van der Waals surface area contributed by atoms with Crippen molar-refractivity contribution in [2.45, 2.75) is 0 Å². The molecular weight excluding hydrogens is 228 g/mol. The van der Waals surface area contributed by atoms with Crippen LogP contribution in [0, 0.1) is 0 Å². The first-order valence-corrected chi connectivity index (χ1v) is 5.18. The number of carbonyl (C=O) groups excluding carboxylic acids is 1. The van der Waals surface area contributed by atoms with E-state index in [4.69, 9.17) is 0 Å². The van der Waals surface area contributed by atoms with Crippen molar-refractivity contribution in [3.05, 3.63) is 60.7 Å². The molecule has 2 heterocycles. The van der Waals surface area contributed by atoms with Crippen LogP contribution in [-0.4, -0.2) is 25.7 Å². The predicted octanol–water partition coefficient (Wildman–Crippen LogP) is 1.78. The highest BCUT2D eigenvalue weighted by Crippen LogP contribution is 2.03. The van der Waals surface area contributed by atoms with Gasteiger partial charge in [0.25, 0.3) is 5.78 Å². The second-order valence-corrected chi connectivity index (χ2v) is 3.42. The standard InChI is InChI=1S/C13H10N4O/c1-3-9-5-14-12(15-6-9)11(18)13-16-7-10(4-2)8-17-13/h3-8H,1-2H2. The summed E-state index contributed by atoms with van der Waals surface area (Å²) >= 11 is 0. The zero-order valence-electron chi connectivity index (χ0n) is 9.58. The van der Waals surface area contributed by atoms with Gasteiger partial charge in [0.05, 0.1) is 0 Å². The van der Waals surface area contributed by atoms with Crippen LogP contribution in [0.4, 0.5) is 0 Å². The highest BCUT2D eigenvalue weighted by atomic mass is 16.1. The summed E-state index contributed by atoms with van der Waals surface area (Å²) in [6, 6.07) is 0. The molecule has 0 atom stereocenters. The third-order valence-corrected chi connectivity index (χ3v) is 2.22. The van der Waals surface area contributed by atoms with Gasteiger partial charge in [0.2, 0.25) is 11.6 Å². The average Bonchev–Trinajstić information content (AvgIpc) is 2.47. The van der Waals surface area contributed by atoms with Crippen molar-refractivity contribution in [1.29, 1.82) is 0 Å². The molecule has 0 radical (unpaired) electrons. The minimum atomic E-state index is -0.416. The van der Waals surface area contributed by atoms with Gasteiger partial charge in [-0.1, -0.05) is 25.3 Å². The van der Waals surface area contributed by atoms with E-state index >= 15 is 0 Å². The predicted molar refractivity (Wildman–Crippen MR) is 67.7 cm³/mol. The van der Waals surface area contributed by atoms with E-state index in [1.807, 2.05) is 0 Å². The Morgan fingerprint density at radius 2 is 1.17 bits per heavy atom. The maximum Gasteiger partial charge on any atom is 0.267 e. The van der Waals surface area contributed by atoms with Gasteiger partial charge < -0.3 is 0 Å². The number of carbonyl (C=O) groups is 1. The van der Waals surface area contributed by atoms with E-state index in [0.717, 1.165) is 11.1 Å². The van der Waals surface area contributed by atoms with Crippen molar-refractivity contribution in [1.82, 2.24) is 19.9 Å². The van der Waals surface area contributed by atoms with Gasteiger partial charge in [-0.05, 0) is 0 Å². The van der Waals surface area contributed by atoms with Gasteiger partial charge in [-0.25, -0.2) is 19.9 Å². The molecule has 0 N–H and O–H groups in total. The van der Waals surface area contributed by atoms with Crippen molar-refractivity contribution in [2.24, 2.45) is 0 Å². The van der Waals surface area contributed by atoms with E-state index in [9.17, 15) is 4.79 Å². The molecule has 2 rings (SSSR count). The van der Waals surface area contributed by atoms with Crippen LogP contribution in [0.25, 0.3) is 12.2 Å². The third kappa shape index (κ3) is 2.35. The molecule has 0 aliphatic carbocycles. The van der Waals surface area contributed by atoms with E-state index in [1.54, 1.807) is 12.2 Å². The Kier molecular flexibility index (Phi) is 3.33. The SMILES string of the molecule is C=Cc1cnc(C(=O)c2ncc(C=C)cn2)nc1. The number of aromatic nitrogens is 4. The lowest BCUT2D eigenvalue weighted by Gasteiger charge is -1.99. The molecule has 0 amide bonds. The van der Waals surface area contributed by atoms with Crippen LogP contribution in [0.3, 0.4) is 0 Å². The average molecular weight is 238 g/mol. The molecule has 0 aliphatic rings. The van der Waals surface area contributed by atoms with Crippen LogP contribution in [0.1, 0.15) is 27.6 Å². The first-order chi connectivity index (χ1) is 8.74. The Balaban J connectivity index is 2.28. The fourth-order valence-corrected chi connectivity index (χ4v) is 1.22. The maximum absolute atomic E-state index is 11.9. The van der Waals surface area contributed by atoms with E-state index in [1.165, 1.54) is 24.8 Å². The van der Waals surface area contributed by atoms with E-state index in [0.29, 0.717) is 0 Å². The first-order valence-electron chi connectivity index (χ1n) is 5.18. The lowest BCUT2D eigenvalue weighted by molar-refractivity contribution is 0.101. The van der Waals surface area contributed by atoms with Gasteiger partial charge in [-0.15, -0.1) is 0 Å². The molecular formula is C13H10N4O. The second-order valence-electron chi connectivity index (χ2n) is 3.42. The quantitative estimate of drug-likeness (QED) is 0.759. The summed E-state index contributed by atoms with van der Waals surface area (Å²) in [6.45, 7) is 7.17. The Morgan fingerprint density at radius 1 is 0.833 bits per heavy atom. The van der Waals surface area contributed by atoms with Crippen molar-refractivity contribution in [2.75, 3.05) is 0 Å². The fraction of sp³-hybridized carbons (Fsp3) is 0. The summed E-state index contributed by atoms with van der Waals surface area (Å²) in [4.78, 5) is 27.7. The number of rotatable bonds is 4. The molecule has 0 spiro atoms. The smallest absolute Gasteiger partial charge is 0.267 e. The monoisotopic (exact) mass is 238 g/mol. The minimum Gasteiger partial charge on any atom is -0.281 e. The summed E-state index contributed by atoms with van der Waals surface area (Å²) in [5.41, 5.74) is 1.49. The topological polar surface area (TPSA) is 68.6 Å². The van der Waals surface area contributed by atoms with Crippen molar-refractivity contribution in [3.63, 3.8) is 0 Å². The molecule has 18 heavy (non-hydrogen) atoms. The second kappa shape index (κ2) is 5.09. The van der Waals surface area contributed by atoms with Gasteiger partial charge in [-0.2, -0.15) is 0 Å². The molecule has 0 unspecified atom stereocenters. The highest BCUT2D eigenvalue weighted by Gasteiger charge is 2.14. The molecule has 0 bridgehead atoms. The largest absolute Gasteiger partial charge is 0.281 e.